The van der Waals surface area contributed by atoms with Gasteiger partial charge in [0, 0.05) is 18.0 Å². The predicted molar refractivity (Wildman–Crippen MR) is 52.1 cm³/mol. The zero-order valence-corrected chi connectivity index (χ0v) is 7.99. The lowest BCUT2D eigenvalue weighted by Crippen LogP contribution is -2.20. The Morgan fingerprint density at radius 2 is 1.93 bits per heavy atom. The first kappa shape index (κ1) is 11.6. The number of amides is 1. The predicted octanol–water partition coefficient (Wildman–Crippen LogP) is 1.50. The Labute approximate surface area is 86.1 Å². The molecule has 0 spiro atoms. The van der Waals surface area contributed by atoms with Crippen LogP contribution in [-0.4, -0.2) is 5.91 Å². The molecule has 0 saturated heterocycles. The summed E-state index contributed by atoms with van der Waals surface area (Å²) in [5.74, 6) is -0.551. The van der Waals surface area contributed by atoms with Gasteiger partial charge in [-0.3, -0.25) is 4.79 Å². The van der Waals surface area contributed by atoms with Crippen molar-refractivity contribution in [3.8, 4) is 0 Å². The second kappa shape index (κ2) is 4.84. The molecule has 1 atom stereocenters. The molecule has 1 amide bonds. The molecule has 0 heterocycles. The summed E-state index contributed by atoms with van der Waals surface area (Å²) in [6.07, 6.45) is -2.59. The molecule has 0 aliphatic rings. The molecule has 0 saturated carbocycles. The number of halogens is 2. The highest BCUT2D eigenvalue weighted by Gasteiger charge is 2.12. The van der Waals surface area contributed by atoms with Crippen LogP contribution in [0, 0.1) is 0 Å². The maximum atomic E-state index is 12.3. The van der Waals surface area contributed by atoms with Gasteiger partial charge in [-0.05, 0) is 11.6 Å². The average Bonchev–Trinajstić information content (AvgIpc) is 2.17. The van der Waals surface area contributed by atoms with E-state index >= 15 is 0 Å². The van der Waals surface area contributed by atoms with E-state index in [9.17, 15) is 13.6 Å². The number of nitrogens with two attached hydrogens (primary N) is 2. The van der Waals surface area contributed by atoms with E-state index in [1.54, 1.807) is 6.07 Å². The average molecular weight is 214 g/mol. The van der Waals surface area contributed by atoms with Crippen molar-refractivity contribution in [3.05, 3.63) is 35.4 Å². The Morgan fingerprint density at radius 3 is 2.47 bits per heavy atom. The van der Waals surface area contributed by atoms with E-state index in [0.717, 1.165) is 0 Å². The first-order valence-corrected chi connectivity index (χ1v) is 4.42. The highest BCUT2D eigenvalue weighted by Crippen LogP contribution is 2.22. The Morgan fingerprint density at radius 1 is 1.33 bits per heavy atom. The van der Waals surface area contributed by atoms with Gasteiger partial charge in [-0.15, -0.1) is 0 Å². The highest BCUT2D eigenvalue weighted by atomic mass is 19.3. The fraction of sp³-hybridized carbons (Fsp3) is 0.300. The fourth-order valence-corrected chi connectivity index (χ4v) is 1.26. The molecule has 1 unspecified atom stereocenters. The van der Waals surface area contributed by atoms with Gasteiger partial charge in [-0.1, -0.05) is 18.2 Å². The second-order valence-electron chi connectivity index (χ2n) is 3.25. The maximum Gasteiger partial charge on any atom is 0.263 e. The summed E-state index contributed by atoms with van der Waals surface area (Å²) >= 11 is 0. The van der Waals surface area contributed by atoms with Gasteiger partial charge in [-0.25, -0.2) is 8.78 Å². The monoisotopic (exact) mass is 214 g/mol. The molecule has 0 aliphatic carbocycles. The van der Waals surface area contributed by atoms with Crippen molar-refractivity contribution in [3.63, 3.8) is 0 Å². The molecule has 1 aromatic rings. The van der Waals surface area contributed by atoms with Crippen LogP contribution in [0.15, 0.2) is 24.3 Å². The van der Waals surface area contributed by atoms with E-state index in [1.165, 1.54) is 18.2 Å². The van der Waals surface area contributed by atoms with Gasteiger partial charge in [0.2, 0.25) is 5.91 Å². The van der Waals surface area contributed by atoms with Crippen molar-refractivity contribution in [2.45, 2.75) is 18.9 Å². The third kappa shape index (κ3) is 3.28. The van der Waals surface area contributed by atoms with Crippen LogP contribution in [0.2, 0.25) is 0 Å². The lowest BCUT2D eigenvalue weighted by atomic mass is 10.0. The Balaban J connectivity index is 2.85. The third-order valence-electron chi connectivity index (χ3n) is 2.01. The SMILES string of the molecule is NC(=O)CC(N)c1cccc(C(F)F)c1. The molecule has 0 fully saturated rings. The minimum absolute atomic E-state index is 0.0489. The van der Waals surface area contributed by atoms with Crippen molar-refractivity contribution < 1.29 is 13.6 Å². The van der Waals surface area contributed by atoms with E-state index in [-0.39, 0.29) is 12.0 Å². The summed E-state index contributed by atoms with van der Waals surface area (Å²) in [4.78, 5) is 10.6. The zero-order chi connectivity index (χ0) is 11.4. The topological polar surface area (TPSA) is 69.1 Å². The smallest absolute Gasteiger partial charge is 0.263 e. The highest BCUT2D eigenvalue weighted by molar-refractivity contribution is 5.74. The minimum Gasteiger partial charge on any atom is -0.370 e. The molecule has 15 heavy (non-hydrogen) atoms. The quantitative estimate of drug-likeness (QED) is 0.797. The minimum atomic E-state index is -2.54. The van der Waals surface area contributed by atoms with Crippen molar-refractivity contribution in [1.82, 2.24) is 0 Å². The van der Waals surface area contributed by atoms with Gasteiger partial charge >= 0.3 is 0 Å². The molecule has 0 aromatic heterocycles. The van der Waals surface area contributed by atoms with E-state index in [1.807, 2.05) is 0 Å². The van der Waals surface area contributed by atoms with Crippen molar-refractivity contribution in [2.75, 3.05) is 0 Å². The summed E-state index contributed by atoms with van der Waals surface area (Å²) in [5, 5.41) is 0. The van der Waals surface area contributed by atoms with Crippen LogP contribution >= 0.6 is 0 Å². The normalized spacial score (nSPS) is 12.8. The Hall–Kier alpha value is -1.49. The maximum absolute atomic E-state index is 12.3. The first-order valence-electron chi connectivity index (χ1n) is 4.42. The number of carbonyl (C=O) groups excluding carboxylic acids is 1. The number of primary amides is 1. The molecule has 0 bridgehead atoms. The third-order valence-corrected chi connectivity index (χ3v) is 2.01. The zero-order valence-electron chi connectivity index (χ0n) is 7.99. The molecular weight excluding hydrogens is 202 g/mol. The molecule has 0 radical (unpaired) electrons. The van der Waals surface area contributed by atoms with Crippen LogP contribution in [0.25, 0.3) is 0 Å². The van der Waals surface area contributed by atoms with Gasteiger partial charge in [-0.2, -0.15) is 0 Å². The molecule has 1 aromatic carbocycles. The summed E-state index contributed by atoms with van der Waals surface area (Å²) in [5.41, 5.74) is 11.0. The molecule has 4 N–H and O–H groups in total. The lowest BCUT2D eigenvalue weighted by molar-refractivity contribution is -0.118. The van der Waals surface area contributed by atoms with Gasteiger partial charge in [0.05, 0.1) is 0 Å². The van der Waals surface area contributed by atoms with Gasteiger partial charge in [0.15, 0.2) is 0 Å². The molecular formula is C10H12F2N2O. The standard InChI is InChI=1S/C10H12F2N2O/c11-10(12)7-3-1-2-6(4-7)8(13)5-9(14)15/h1-4,8,10H,5,13H2,(H2,14,15). The largest absolute Gasteiger partial charge is 0.370 e. The second-order valence-corrected chi connectivity index (χ2v) is 3.25. The van der Waals surface area contributed by atoms with Crippen LogP contribution in [0.1, 0.15) is 30.0 Å². The summed E-state index contributed by atoms with van der Waals surface area (Å²) in [6.45, 7) is 0. The number of carbonyl (C=O) groups is 1. The number of hydrogen-bond acceptors (Lipinski definition) is 2. The van der Waals surface area contributed by atoms with Crippen LogP contribution in [0.4, 0.5) is 8.78 Å². The number of hydrogen-bond donors (Lipinski definition) is 2. The fourth-order valence-electron chi connectivity index (χ4n) is 1.26. The molecule has 82 valence electrons. The van der Waals surface area contributed by atoms with Crippen LogP contribution < -0.4 is 11.5 Å². The molecule has 1 rings (SSSR count). The summed E-state index contributed by atoms with van der Waals surface area (Å²) < 4.78 is 24.7. The summed E-state index contributed by atoms with van der Waals surface area (Å²) in [7, 11) is 0. The van der Waals surface area contributed by atoms with Crippen LogP contribution in [0.3, 0.4) is 0 Å². The van der Waals surface area contributed by atoms with E-state index < -0.39 is 18.4 Å². The first-order chi connectivity index (χ1) is 7.00. The van der Waals surface area contributed by atoms with Gasteiger partial charge in [0.25, 0.3) is 6.43 Å². The number of benzene rings is 1. The Bertz CT molecular complexity index is 355. The Kier molecular flexibility index (Phi) is 3.74. The van der Waals surface area contributed by atoms with E-state index in [2.05, 4.69) is 0 Å². The van der Waals surface area contributed by atoms with Crippen molar-refractivity contribution >= 4 is 5.91 Å². The van der Waals surface area contributed by atoms with Crippen LogP contribution in [-0.2, 0) is 4.79 Å². The molecule has 0 aliphatic heterocycles. The number of rotatable bonds is 4. The summed E-state index contributed by atoms with van der Waals surface area (Å²) in [6, 6.07) is 5.06. The molecule has 5 heteroatoms. The number of alkyl halides is 2. The molecule has 3 nitrogen and oxygen atoms in total. The van der Waals surface area contributed by atoms with Gasteiger partial charge in [0.1, 0.15) is 0 Å². The lowest BCUT2D eigenvalue weighted by Gasteiger charge is -2.11. The van der Waals surface area contributed by atoms with E-state index in [0.29, 0.717) is 5.56 Å². The van der Waals surface area contributed by atoms with Gasteiger partial charge < -0.3 is 11.5 Å². The van der Waals surface area contributed by atoms with Crippen molar-refractivity contribution in [2.24, 2.45) is 11.5 Å². The van der Waals surface area contributed by atoms with Crippen molar-refractivity contribution in [1.29, 1.82) is 0 Å². The van der Waals surface area contributed by atoms with E-state index in [4.69, 9.17) is 11.5 Å². The van der Waals surface area contributed by atoms with Crippen LogP contribution in [0.5, 0.6) is 0 Å².